The van der Waals surface area contributed by atoms with Crippen molar-refractivity contribution in [2.24, 2.45) is 0 Å². The van der Waals surface area contributed by atoms with Crippen molar-refractivity contribution in [2.75, 3.05) is 0 Å². The van der Waals surface area contributed by atoms with Crippen LogP contribution in [-0.4, -0.2) is 17.2 Å². The van der Waals surface area contributed by atoms with E-state index in [0.717, 1.165) is 5.56 Å². The average Bonchev–Trinajstić information content (AvgIpc) is 2.59. The fourth-order valence-corrected chi connectivity index (χ4v) is 4.17. The van der Waals surface area contributed by atoms with Gasteiger partial charge in [0.05, 0.1) is 0 Å². The molecule has 0 bridgehead atoms. The largest absolute Gasteiger partial charge is 0.488 e. The van der Waals surface area contributed by atoms with Crippen LogP contribution in [0.1, 0.15) is 25.0 Å². The number of hydrogen-bond donors (Lipinski definition) is 2. The Balaban J connectivity index is 2.31. The summed E-state index contributed by atoms with van der Waals surface area (Å²) in [5.74, 6) is 0. The monoisotopic (exact) mass is 364 g/mol. The van der Waals surface area contributed by atoms with Crippen LogP contribution in [0.4, 0.5) is 0 Å². The zero-order valence-corrected chi connectivity index (χ0v) is 13.0. The summed E-state index contributed by atoms with van der Waals surface area (Å²) in [6, 6.07) is 12.0. The summed E-state index contributed by atoms with van der Waals surface area (Å²) in [4.78, 5) is 0. The topological polar surface area (TPSA) is 40.5 Å². The SMILES string of the molecule is CC1(C)c2cc(B(O)O)ccc2-c2cccc(I)c21. The highest BCUT2D eigenvalue weighted by Gasteiger charge is 2.37. The smallest absolute Gasteiger partial charge is 0.423 e. The van der Waals surface area contributed by atoms with E-state index in [2.05, 4.69) is 54.6 Å². The maximum absolute atomic E-state index is 9.35. The van der Waals surface area contributed by atoms with E-state index in [4.69, 9.17) is 0 Å². The molecule has 96 valence electrons. The molecule has 3 rings (SSSR count). The van der Waals surface area contributed by atoms with Gasteiger partial charge in [0.2, 0.25) is 0 Å². The van der Waals surface area contributed by atoms with Gasteiger partial charge < -0.3 is 10.0 Å². The zero-order chi connectivity index (χ0) is 13.8. The van der Waals surface area contributed by atoms with Crippen molar-refractivity contribution in [1.29, 1.82) is 0 Å². The summed E-state index contributed by atoms with van der Waals surface area (Å²) in [6.07, 6.45) is 0. The Morgan fingerprint density at radius 3 is 2.47 bits per heavy atom. The first kappa shape index (κ1) is 13.2. The maximum atomic E-state index is 9.35. The normalized spacial score (nSPS) is 15.0. The van der Waals surface area contributed by atoms with Gasteiger partial charge in [-0.15, -0.1) is 0 Å². The van der Waals surface area contributed by atoms with E-state index in [-0.39, 0.29) is 5.41 Å². The van der Waals surface area contributed by atoms with Crippen molar-refractivity contribution in [2.45, 2.75) is 19.3 Å². The van der Waals surface area contributed by atoms with Crippen molar-refractivity contribution in [1.82, 2.24) is 0 Å². The number of fused-ring (bicyclic) bond motifs is 3. The lowest BCUT2D eigenvalue weighted by molar-refractivity contribution is 0.425. The Bertz CT molecular complexity index is 665. The van der Waals surface area contributed by atoms with Gasteiger partial charge in [0.1, 0.15) is 0 Å². The minimum absolute atomic E-state index is 0.104. The summed E-state index contributed by atoms with van der Waals surface area (Å²) in [6.45, 7) is 4.38. The molecule has 19 heavy (non-hydrogen) atoms. The van der Waals surface area contributed by atoms with Gasteiger partial charge in [-0.1, -0.05) is 44.2 Å². The zero-order valence-electron chi connectivity index (χ0n) is 10.8. The molecule has 0 aliphatic heterocycles. The van der Waals surface area contributed by atoms with E-state index in [1.54, 1.807) is 6.07 Å². The predicted octanol–water partition coefficient (Wildman–Crippen LogP) is 2.28. The summed E-state index contributed by atoms with van der Waals surface area (Å²) >= 11 is 2.37. The number of hydrogen-bond acceptors (Lipinski definition) is 2. The van der Waals surface area contributed by atoms with Crippen LogP contribution in [0.25, 0.3) is 11.1 Å². The van der Waals surface area contributed by atoms with Gasteiger partial charge in [0.15, 0.2) is 0 Å². The van der Waals surface area contributed by atoms with Gasteiger partial charge in [0, 0.05) is 8.99 Å². The van der Waals surface area contributed by atoms with Gasteiger partial charge in [-0.2, -0.15) is 0 Å². The van der Waals surface area contributed by atoms with Crippen molar-refractivity contribution < 1.29 is 10.0 Å². The highest BCUT2D eigenvalue weighted by molar-refractivity contribution is 14.1. The molecule has 2 aromatic carbocycles. The standard InChI is InChI=1S/C15H14BIO2/c1-15(2)12-8-9(16(18)19)6-7-10(12)11-4-3-5-13(17)14(11)15/h3-8,18-19H,1-2H3. The molecular weight excluding hydrogens is 350 g/mol. The minimum Gasteiger partial charge on any atom is -0.423 e. The predicted molar refractivity (Wildman–Crippen MR) is 86.5 cm³/mol. The first-order valence-corrected chi connectivity index (χ1v) is 7.30. The molecular formula is C15H14BIO2. The third-order valence-corrected chi connectivity index (χ3v) is 4.84. The Kier molecular flexibility index (Phi) is 3.00. The first-order chi connectivity index (χ1) is 8.93. The second-order valence-corrected chi connectivity index (χ2v) is 6.63. The minimum atomic E-state index is -1.41. The summed E-state index contributed by atoms with van der Waals surface area (Å²) in [5.41, 5.74) is 5.39. The Labute approximate surface area is 126 Å². The Morgan fingerprint density at radius 1 is 1.05 bits per heavy atom. The Morgan fingerprint density at radius 2 is 1.79 bits per heavy atom. The van der Waals surface area contributed by atoms with Crippen LogP contribution >= 0.6 is 22.6 Å². The lowest BCUT2D eigenvalue weighted by atomic mass is 9.75. The van der Waals surface area contributed by atoms with Gasteiger partial charge in [-0.05, 0) is 56.4 Å². The third-order valence-electron chi connectivity index (χ3n) is 3.94. The second-order valence-electron chi connectivity index (χ2n) is 5.47. The molecule has 0 unspecified atom stereocenters. The molecule has 0 spiro atoms. The van der Waals surface area contributed by atoms with Gasteiger partial charge in [-0.25, -0.2) is 0 Å². The maximum Gasteiger partial charge on any atom is 0.488 e. The molecule has 0 heterocycles. The first-order valence-electron chi connectivity index (χ1n) is 6.23. The molecule has 4 heteroatoms. The van der Waals surface area contributed by atoms with Crippen LogP contribution in [0.2, 0.25) is 0 Å². The molecule has 0 atom stereocenters. The number of rotatable bonds is 1. The highest BCUT2D eigenvalue weighted by Crippen LogP contribution is 2.49. The van der Waals surface area contributed by atoms with Crippen LogP contribution in [0.3, 0.4) is 0 Å². The average molecular weight is 364 g/mol. The van der Waals surface area contributed by atoms with Gasteiger partial charge in [-0.3, -0.25) is 0 Å². The van der Waals surface area contributed by atoms with E-state index in [1.807, 2.05) is 12.1 Å². The molecule has 0 aromatic heterocycles. The fourth-order valence-electron chi connectivity index (χ4n) is 2.99. The molecule has 0 amide bonds. The third kappa shape index (κ3) is 1.85. The van der Waals surface area contributed by atoms with Crippen LogP contribution in [0.15, 0.2) is 36.4 Å². The molecule has 0 saturated heterocycles. The number of halogens is 1. The molecule has 0 radical (unpaired) electrons. The van der Waals surface area contributed by atoms with Gasteiger partial charge >= 0.3 is 7.12 Å². The van der Waals surface area contributed by atoms with E-state index in [1.165, 1.54) is 20.3 Å². The van der Waals surface area contributed by atoms with Crippen molar-refractivity contribution in [3.05, 3.63) is 51.1 Å². The van der Waals surface area contributed by atoms with Crippen molar-refractivity contribution in [3.8, 4) is 11.1 Å². The molecule has 2 nitrogen and oxygen atoms in total. The van der Waals surface area contributed by atoms with Crippen LogP contribution in [0, 0.1) is 3.57 Å². The highest BCUT2D eigenvalue weighted by atomic mass is 127. The molecule has 1 aliphatic rings. The lowest BCUT2D eigenvalue weighted by Gasteiger charge is -2.23. The summed E-state index contributed by atoms with van der Waals surface area (Å²) in [7, 11) is -1.41. The van der Waals surface area contributed by atoms with Crippen LogP contribution in [-0.2, 0) is 5.41 Å². The van der Waals surface area contributed by atoms with Crippen LogP contribution in [0.5, 0.6) is 0 Å². The summed E-state index contributed by atoms with van der Waals surface area (Å²) < 4.78 is 1.25. The molecule has 0 fully saturated rings. The molecule has 2 N–H and O–H groups in total. The van der Waals surface area contributed by atoms with E-state index < -0.39 is 7.12 Å². The van der Waals surface area contributed by atoms with Gasteiger partial charge in [0.25, 0.3) is 0 Å². The molecule has 2 aromatic rings. The quantitative estimate of drug-likeness (QED) is 0.602. The Hall–Kier alpha value is -0.845. The summed E-state index contributed by atoms with van der Waals surface area (Å²) in [5, 5.41) is 18.7. The van der Waals surface area contributed by atoms with Crippen molar-refractivity contribution in [3.63, 3.8) is 0 Å². The van der Waals surface area contributed by atoms with E-state index in [9.17, 15) is 10.0 Å². The van der Waals surface area contributed by atoms with Crippen molar-refractivity contribution >= 4 is 35.2 Å². The molecule has 1 aliphatic carbocycles. The fraction of sp³-hybridized carbons (Fsp3) is 0.200. The van der Waals surface area contributed by atoms with E-state index in [0.29, 0.717) is 5.46 Å². The second kappa shape index (κ2) is 4.33. The number of benzene rings is 2. The van der Waals surface area contributed by atoms with E-state index >= 15 is 0 Å². The van der Waals surface area contributed by atoms with Crippen LogP contribution < -0.4 is 5.46 Å². The lowest BCUT2D eigenvalue weighted by Crippen LogP contribution is -2.31. The molecule has 0 saturated carbocycles.